The lowest BCUT2D eigenvalue weighted by Crippen LogP contribution is -2.09. The monoisotopic (exact) mass is 348 g/mol. The molecule has 1 heterocycles. The van der Waals surface area contributed by atoms with Gasteiger partial charge in [0.1, 0.15) is 5.82 Å². The third-order valence-corrected chi connectivity index (χ3v) is 4.25. The van der Waals surface area contributed by atoms with Crippen molar-refractivity contribution in [3.63, 3.8) is 0 Å². The summed E-state index contributed by atoms with van der Waals surface area (Å²) in [6, 6.07) is 16.8. The van der Waals surface area contributed by atoms with Crippen LogP contribution >= 0.6 is 27.5 Å². The average Bonchev–Trinajstić information content (AvgIpc) is 2.84. The van der Waals surface area contributed by atoms with E-state index in [0.29, 0.717) is 5.88 Å². The molecule has 0 aliphatic rings. The highest BCUT2D eigenvalue weighted by molar-refractivity contribution is 9.10. The lowest BCUT2D eigenvalue weighted by Gasteiger charge is -2.17. The summed E-state index contributed by atoms with van der Waals surface area (Å²) in [5, 5.41) is 0. The molecule has 0 aliphatic carbocycles. The van der Waals surface area contributed by atoms with Crippen molar-refractivity contribution in [1.29, 1.82) is 0 Å². The predicted molar refractivity (Wildman–Crippen MR) is 87.2 cm³/mol. The summed E-state index contributed by atoms with van der Waals surface area (Å²) in [4.78, 5) is 4.64. The second-order valence-corrected chi connectivity index (χ2v) is 5.93. The second-order valence-electron chi connectivity index (χ2n) is 4.75. The lowest BCUT2D eigenvalue weighted by molar-refractivity contribution is 0.634. The van der Waals surface area contributed by atoms with Gasteiger partial charge >= 0.3 is 0 Å². The maximum absolute atomic E-state index is 6.08. The van der Waals surface area contributed by atoms with Crippen molar-refractivity contribution in [3.8, 4) is 0 Å². The van der Waals surface area contributed by atoms with Gasteiger partial charge in [-0.25, -0.2) is 4.98 Å². The number of hydrogen-bond acceptors (Lipinski definition) is 1. The number of hydrogen-bond donors (Lipinski definition) is 0. The van der Waals surface area contributed by atoms with Crippen molar-refractivity contribution >= 4 is 38.6 Å². The van der Waals surface area contributed by atoms with Crippen LogP contribution in [-0.4, -0.2) is 9.55 Å². The van der Waals surface area contributed by atoms with Gasteiger partial charge in [0.25, 0.3) is 0 Å². The van der Waals surface area contributed by atoms with E-state index in [1.165, 1.54) is 5.56 Å². The van der Waals surface area contributed by atoms with Crippen LogP contribution in [0.25, 0.3) is 11.0 Å². The van der Waals surface area contributed by atoms with Gasteiger partial charge < -0.3 is 4.57 Å². The van der Waals surface area contributed by atoms with Crippen molar-refractivity contribution in [2.24, 2.45) is 0 Å². The van der Waals surface area contributed by atoms with Gasteiger partial charge in [-0.15, -0.1) is 11.6 Å². The smallest absolute Gasteiger partial charge is 0.125 e. The van der Waals surface area contributed by atoms with Crippen LogP contribution in [0.5, 0.6) is 0 Å². The first kappa shape index (κ1) is 13.7. The zero-order chi connectivity index (χ0) is 14.1. The first-order valence-electron chi connectivity index (χ1n) is 6.48. The van der Waals surface area contributed by atoms with Crippen LogP contribution in [0.1, 0.15) is 24.4 Å². The third-order valence-electron chi connectivity index (χ3n) is 3.51. The molecular weight excluding hydrogens is 336 g/mol. The normalized spacial score (nSPS) is 12.8. The Morgan fingerprint density at radius 2 is 1.95 bits per heavy atom. The number of alkyl halides is 1. The molecule has 0 aliphatic heterocycles. The topological polar surface area (TPSA) is 17.8 Å². The fraction of sp³-hybridized carbons (Fsp3) is 0.188. The molecule has 0 N–H and O–H groups in total. The standard InChI is InChI=1S/C16H14BrClN2/c1-11(12-5-3-2-4-6-12)20-15-8-7-13(17)9-14(15)19-16(20)10-18/h2-9,11H,10H2,1H3. The van der Waals surface area contributed by atoms with Crippen LogP contribution < -0.4 is 0 Å². The van der Waals surface area contributed by atoms with Crippen molar-refractivity contribution in [2.75, 3.05) is 0 Å². The Morgan fingerprint density at radius 3 is 2.65 bits per heavy atom. The molecule has 4 heteroatoms. The van der Waals surface area contributed by atoms with Crippen LogP contribution in [0.4, 0.5) is 0 Å². The molecule has 3 aromatic rings. The molecule has 0 spiro atoms. The molecule has 1 unspecified atom stereocenters. The molecule has 3 rings (SSSR count). The minimum Gasteiger partial charge on any atom is -0.320 e. The number of fused-ring (bicyclic) bond motifs is 1. The van der Waals surface area contributed by atoms with E-state index in [-0.39, 0.29) is 6.04 Å². The molecule has 0 saturated heterocycles. The van der Waals surface area contributed by atoms with Crippen LogP contribution in [0.3, 0.4) is 0 Å². The molecule has 0 fully saturated rings. The maximum Gasteiger partial charge on any atom is 0.125 e. The quantitative estimate of drug-likeness (QED) is 0.598. The fourth-order valence-corrected chi connectivity index (χ4v) is 3.07. The van der Waals surface area contributed by atoms with Crippen LogP contribution in [-0.2, 0) is 5.88 Å². The van der Waals surface area contributed by atoms with Gasteiger partial charge in [-0.1, -0.05) is 46.3 Å². The second kappa shape index (κ2) is 5.58. The number of aromatic nitrogens is 2. The summed E-state index contributed by atoms with van der Waals surface area (Å²) in [6.45, 7) is 2.18. The summed E-state index contributed by atoms with van der Waals surface area (Å²) in [5.41, 5.74) is 3.33. The highest BCUT2D eigenvalue weighted by atomic mass is 79.9. The zero-order valence-corrected chi connectivity index (χ0v) is 13.4. The van der Waals surface area contributed by atoms with Crippen LogP contribution in [0.15, 0.2) is 53.0 Å². The van der Waals surface area contributed by atoms with Gasteiger partial charge in [0.2, 0.25) is 0 Å². The molecule has 0 radical (unpaired) electrons. The van der Waals surface area contributed by atoms with Gasteiger partial charge in [0.05, 0.1) is 23.0 Å². The Kier molecular flexibility index (Phi) is 3.81. The number of imidazole rings is 1. The predicted octanol–water partition coefficient (Wildman–Crippen LogP) is 5.15. The molecule has 0 amide bonds. The molecule has 1 aromatic heterocycles. The molecule has 102 valence electrons. The Bertz CT molecular complexity index is 737. The first-order chi connectivity index (χ1) is 9.70. The molecular formula is C16H14BrClN2. The van der Waals surface area contributed by atoms with Gasteiger partial charge in [-0.2, -0.15) is 0 Å². The van der Waals surface area contributed by atoms with Crippen molar-refractivity contribution in [1.82, 2.24) is 9.55 Å². The van der Waals surface area contributed by atoms with E-state index in [9.17, 15) is 0 Å². The van der Waals surface area contributed by atoms with E-state index >= 15 is 0 Å². The molecule has 0 bridgehead atoms. The van der Waals surface area contributed by atoms with Gasteiger partial charge in [-0.05, 0) is 30.7 Å². The van der Waals surface area contributed by atoms with Gasteiger partial charge in [0, 0.05) is 4.47 Å². The van der Waals surface area contributed by atoms with E-state index in [1.807, 2.05) is 18.2 Å². The number of halogens is 2. The summed E-state index contributed by atoms with van der Waals surface area (Å²) >= 11 is 9.57. The minimum absolute atomic E-state index is 0.205. The van der Waals surface area contributed by atoms with E-state index in [2.05, 4.69) is 62.7 Å². The molecule has 2 nitrogen and oxygen atoms in total. The third kappa shape index (κ3) is 2.36. The first-order valence-corrected chi connectivity index (χ1v) is 7.80. The Hall–Kier alpha value is -1.32. The number of nitrogens with zero attached hydrogens (tertiary/aromatic N) is 2. The van der Waals surface area contributed by atoms with E-state index in [0.717, 1.165) is 21.3 Å². The molecule has 2 aromatic carbocycles. The van der Waals surface area contributed by atoms with E-state index in [4.69, 9.17) is 11.6 Å². The largest absolute Gasteiger partial charge is 0.320 e. The Morgan fingerprint density at radius 1 is 1.20 bits per heavy atom. The number of rotatable bonds is 3. The highest BCUT2D eigenvalue weighted by Crippen LogP contribution is 2.28. The van der Waals surface area contributed by atoms with Crippen molar-refractivity contribution in [2.45, 2.75) is 18.8 Å². The minimum atomic E-state index is 0.205. The summed E-state index contributed by atoms with van der Waals surface area (Å²) in [5.74, 6) is 1.31. The summed E-state index contributed by atoms with van der Waals surface area (Å²) < 4.78 is 3.24. The van der Waals surface area contributed by atoms with Crippen LogP contribution in [0.2, 0.25) is 0 Å². The molecule has 1 atom stereocenters. The van der Waals surface area contributed by atoms with Crippen molar-refractivity contribution in [3.05, 3.63) is 64.4 Å². The Labute approximate surface area is 131 Å². The van der Waals surface area contributed by atoms with E-state index in [1.54, 1.807) is 0 Å². The highest BCUT2D eigenvalue weighted by Gasteiger charge is 2.16. The Balaban J connectivity index is 2.19. The van der Waals surface area contributed by atoms with Crippen molar-refractivity contribution < 1.29 is 0 Å². The molecule has 0 saturated carbocycles. The number of benzene rings is 2. The SMILES string of the molecule is CC(c1ccccc1)n1c(CCl)nc2cc(Br)ccc21. The fourth-order valence-electron chi connectivity index (χ4n) is 2.53. The van der Waals surface area contributed by atoms with E-state index < -0.39 is 0 Å². The summed E-state index contributed by atoms with van der Waals surface area (Å²) in [6.07, 6.45) is 0. The van der Waals surface area contributed by atoms with Gasteiger partial charge in [0.15, 0.2) is 0 Å². The van der Waals surface area contributed by atoms with Crippen LogP contribution in [0, 0.1) is 0 Å². The lowest BCUT2D eigenvalue weighted by atomic mass is 10.1. The maximum atomic E-state index is 6.08. The molecule has 20 heavy (non-hydrogen) atoms. The summed E-state index contributed by atoms with van der Waals surface area (Å²) in [7, 11) is 0. The zero-order valence-electron chi connectivity index (χ0n) is 11.1. The average molecular weight is 350 g/mol. The van der Waals surface area contributed by atoms with Gasteiger partial charge in [-0.3, -0.25) is 0 Å².